The number of hydrogen-bond donors (Lipinski definition) is 2. The first-order chi connectivity index (χ1) is 12.0. The molecule has 7 heteroatoms. The molecule has 0 bridgehead atoms. The lowest BCUT2D eigenvalue weighted by Crippen LogP contribution is -2.39. The Hall–Kier alpha value is -2.34. The molecule has 1 aliphatic rings. The summed E-state index contributed by atoms with van der Waals surface area (Å²) in [4.78, 5) is 23.8. The molecule has 1 aromatic carbocycles. The maximum Gasteiger partial charge on any atom is 0.306 e. The SMILES string of the molecule is Cc1onc(-c2ccccc2Cl)c1C(=O)NC1CCC(C(=O)O)CC1. The number of hydrogen-bond acceptors (Lipinski definition) is 4. The fourth-order valence-corrected chi connectivity index (χ4v) is 3.44. The summed E-state index contributed by atoms with van der Waals surface area (Å²) in [6.07, 6.45) is 2.43. The van der Waals surface area contributed by atoms with Crippen LogP contribution in [0.15, 0.2) is 28.8 Å². The van der Waals surface area contributed by atoms with Crippen molar-refractivity contribution >= 4 is 23.5 Å². The molecule has 2 aromatic rings. The summed E-state index contributed by atoms with van der Waals surface area (Å²) in [7, 11) is 0. The summed E-state index contributed by atoms with van der Waals surface area (Å²) >= 11 is 6.21. The van der Waals surface area contributed by atoms with Crippen LogP contribution in [0.25, 0.3) is 11.3 Å². The number of amides is 1. The standard InChI is InChI=1S/C18H19ClN2O4/c1-10-15(16(21-25-10)13-4-2-3-5-14(13)19)17(22)20-12-8-6-11(7-9-12)18(23)24/h2-5,11-12H,6-9H2,1H3,(H,20,22)(H,23,24). The first-order valence-corrected chi connectivity index (χ1v) is 8.60. The quantitative estimate of drug-likeness (QED) is 0.865. The molecule has 2 N–H and O–H groups in total. The van der Waals surface area contributed by atoms with Crippen molar-refractivity contribution in [2.45, 2.75) is 38.6 Å². The zero-order chi connectivity index (χ0) is 18.0. The van der Waals surface area contributed by atoms with Gasteiger partial charge in [-0.05, 0) is 38.7 Å². The Morgan fingerprint density at radius 2 is 1.92 bits per heavy atom. The van der Waals surface area contributed by atoms with Gasteiger partial charge in [-0.1, -0.05) is 35.0 Å². The third-order valence-corrected chi connectivity index (χ3v) is 4.96. The van der Waals surface area contributed by atoms with Crippen LogP contribution in [0.2, 0.25) is 5.02 Å². The minimum atomic E-state index is -0.763. The van der Waals surface area contributed by atoms with Crippen LogP contribution in [0, 0.1) is 12.8 Å². The maximum atomic E-state index is 12.7. The summed E-state index contributed by atoms with van der Waals surface area (Å²) in [5.41, 5.74) is 1.43. The van der Waals surface area contributed by atoms with Gasteiger partial charge in [-0.2, -0.15) is 0 Å². The van der Waals surface area contributed by atoms with E-state index in [1.54, 1.807) is 25.1 Å². The van der Waals surface area contributed by atoms with Crippen LogP contribution in [0.5, 0.6) is 0 Å². The highest BCUT2D eigenvalue weighted by atomic mass is 35.5. The van der Waals surface area contributed by atoms with Crippen LogP contribution >= 0.6 is 11.6 Å². The number of aryl methyl sites for hydroxylation is 1. The zero-order valence-corrected chi connectivity index (χ0v) is 14.5. The number of halogens is 1. The molecule has 3 rings (SSSR count). The van der Waals surface area contributed by atoms with Crippen LogP contribution in [0.4, 0.5) is 0 Å². The Morgan fingerprint density at radius 3 is 2.56 bits per heavy atom. The average molecular weight is 363 g/mol. The molecule has 1 heterocycles. The van der Waals surface area contributed by atoms with Gasteiger partial charge in [-0.15, -0.1) is 0 Å². The summed E-state index contributed by atoms with van der Waals surface area (Å²) in [6.45, 7) is 1.68. The van der Waals surface area contributed by atoms with E-state index < -0.39 is 5.97 Å². The lowest BCUT2D eigenvalue weighted by atomic mass is 9.86. The van der Waals surface area contributed by atoms with Crippen molar-refractivity contribution < 1.29 is 19.2 Å². The Labute approximate surface area is 150 Å². The lowest BCUT2D eigenvalue weighted by molar-refractivity contribution is -0.142. The number of carboxylic acids is 1. The second-order valence-corrected chi connectivity index (χ2v) is 6.71. The smallest absolute Gasteiger partial charge is 0.306 e. The topological polar surface area (TPSA) is 92.4 Å². The zero-order valence-electron chi connectivity index (χ0n) is 13.8. The number of aromatic nitrogens is 1. The molecule has 0 atom stereocenters. The Kier molecular flexibility index (Phi) is 5.08. The predicted molar refractivity (Wildman–Crippen MR) is 92.5 cm³/mol. The van der Waals surface area contributed by atoms with Gasteiger partial charge in [0.15, 0.2) is 0 Å². The van der Waals surface area contributed by atoms with Crippen molar-refractivity contribution in [1.29, 1.82) is 0 Å². The first-order valence-electron chi connectivity index (χ1n) is 8.22. The monoisotopic (exact) mass is 362 g/mol. The molecule has 1 aromatic heterocycles. The van der Waals surface area contributed by atoms with E-state index in [0.29, 0.717) is 53.3 Å². The van der Waals surface area contributed by atoms with Gasteiger partial charge in [0.25, 0.3) is 5.91 Å². The number of rotatable bonds is 4. The maximum absolute atomic E-state index is 12.7. The summed E-state index contributed by atoms with van der Waals surface area (Å²) in [5, 5.41) is 16.5. The number of nitrogens with one attached hydrogen (secondary N) is 1. The highest BCUT2D eigenvalue weighted by Crippen LogP contribution is 2.31. The van der Waals surface area contributed by atoms with E-state index >= 15 is 0 Å². The molecule has 1 saturated carbocycles. The van der Waals surface area contributed by atoms with Gasteiger partial charge in [0, 0.05) is 11.6 Å². The minimum Gasteiger partial charge on any atom is -0.481 e. The Morgan fingerprint density at radius 1 is 1.24 bits per heavy atom. The number of aliphatic carboxylic acids is 1. The summed E-state index contributed by atoms with van der Waals surface area (Å²) in [6, 6.07) is 7.10. The van der Waals surface area contributed by atoms with Gasteiger partial charge >= 0.3 is 5.97 Å². The van der Waals surface area contributed by atoms with E-state index in [4.69, 9.17) is 21.2 Å². The number of carbonyl (C=O) groups excluding carboxylic acids is 1. The molecular weight excluding hydrogens is 344 g/mol. The highest BCUT2D eigenvalue weighted by Gasteiger charge is 2.29. The molecule has 0 radical (unpaired) electrons. The third-order valence-electron chi connectivity index (χ3n) is 4.63. The van der Waals surface area contributed by atoms with Gasteiger partial charge in [0.2, 0.25) is 0 Å². The van der Waals surface area contributed by atoms with E-state index in [-0.39, 0.29) is 17.9 Å². The van der Waals surface area contributed by atoms with Crippen LogP contribution < -0.4 is 5.32 Å². The van der Waals surface area contributed by atoms with Gasteiger partial charge < -0.3 is 14.9 Å². The number of nitrogens with zero attached hydrogens (tertiary/aromatic N) is 1. The van der Waals surface area contributed by atoms with Crippen LogP contribution in [-0.2, 0) is 4.79 Å². The van der Waals surface area contributed by atoms with Crippen molar-refractivity contribution in [1.82, 2.24) is 10.5 Å². The normalized spacial score (nSPS) is 20.2. The molecule has 0 unspecified atom stereocenters. The van der Waals surface area contributed by atoms with E-state index in [0.717, 1.165) is 0 Å². The fourth-order valence-electron chi connectivity index (χ4n) is 3.22. The second kappa shape index (κ2) is 7.27. The Bertz CT molecular complexity index is 794. The van der Waals surface area contributed by atoms with Crippen molar-refractivity contribution in [2.75, 3.05) is 0 Å². The fraction of sp³-hybridized carbons (Fsp3) is 0.389. The third kappa shape index (κ3) is 3.69. The molecule has 0 saturated heterocycles. The van der Waals surface area contributed by atoms with Crippen molar-refractivity contribution in [2.24, 2.45) is 5.92 Å². The van der Waals surface area contributed by atoms with E-state index in [1.165, 1.54) is 0 Å². The Balaban J connectivity index is 1.77. The molecule has 1 amide bonds. The second-order valence-electron chi connectivity index (χ2n) is 6.30. The molecule has 6 nitrogen and oxygen atoms in total. The van der Waals surface area contributed by atoms with Gasteiger partial charge in [-0.3, -0.25) is 9.59 Å². The molecule has 0 spiro atoms. The predicted octanol–water partition coefficient (Wildman–Crippen LogP) is 3.68. The van der Waals surface area contributed by atoms with Gasteiger partial charge in [-0.25, -0.2) is 0 Å². The van der Waals surface area contributed by atoms with Crippen LogP contribution in [0.1, 0.15) is 41.8 Å². The molecule has 132 valence electrons. The van der Waals surface area contributed by atoms with Gasteiger partial charge in [0.05, 0.1) is 10.9 Å². The van der Waals surface area contributed by atoms with Gasteiger partial charge in [0.1, 0.15) is 17.0 Å². The van der Waals surface area contributed by atoms with Crippen molar-refractivity contribution in [3.8, 4) is 11.3 Å². The van der Waals surface area contributed by atoms with Crippen LogP contribution in [-0.4, -0.2) is 28.2 Å². The minimum absolute atomic E-state index is 0.0449. The lowest BCUT2D eigenvalue weighted by Gasteiger charge is -2.26. The van der Waals surface area contributed by atoms with E-state index in [1.807, 2.05) is 6.07 Å². The average Bonchev–Trinajstić information content (AvgIpc) is 2.97. The number of carbonyl (C=O) groups is 2. The highest BCUT2D eigenvalue weighted by molar-refractivity contribution is 6.33. The molecule has 25 heavy (non-hydrogen) atoms. The van der Waals surface area contributed by atoms with E-state index in [9.17, 15) is 9.59 Å². The van der Waals surface area contributed by atoms with E-state index in [2.05, 4.69) is 10.5 Å². The largest absolute Gasteiger partial charge is 0.481 e. The molecule has 1 aliphatic carbocycles. The molecule has 1 fully saturated rings. The number of benzene rings is 1. The summed E-state index contributed by atoms with van der Waals surface area (Å²) in [5.74, 6) is -0.927. The summed E-state index contributed by atoms with van der Waals surface area (Å²) < 4.78 is 5.22. The number of carboxylic acid groups (broad SMARTS) is 1. The molecular formula is C18H19ClN2O4. The van der Waals surface area contributed by atoms with Crippen molar-refractivity contribution in [3.63, 3.8) is 0 Å². The molecule has 0 aliphatic heterocycles. The van der Waals surface area contributed by atoms with Crippen molar-refractivity contribution in [3.05, 3.63) is 40.6 Å². The first kappa shape index (κ1) is 17.5. The van der Waals surface area contributed by atoms with Crippen LogP contribution in [0.3, 0.4) is 0 Å².